The van der Waals surface area contributed by atoms with E-state index in [2.05, 4.69) is 16.9 Å². The van der Waals surface area contributed by atoms with E-state index in [1.54, 1.807) is 12.1 Å². The molecule has 0 spiro atoms. The van der Waals surface area contributed by atoms with Crippen LogP contribution in [0.4, 0.5) is 11.5 Å². The monoisotopic (exact) mass is 193 g/mol. The second-order valence-corrected chi connectivity index (χ2v) is 2.83. The average Bonchev–Trinajstić information content (AvgIpc) is 2.18. The van der Waals surface area contributed by atoms with Crippen molar-refractivity contribution in [3.05, 3.63) is 41.1 Å². The number of nitrogens with one attached hydrogen (secondary N) is 1. The third-order valence-electron chi connectivity index (χ3n) is 1.69. The average molecular weight is 193 g/mol. The molecule has 0 bridgehead atoms. The summed E-state index contributed by atoms with van der Waals surface area (Å²) < 4.78 is 0. The highest BCUT2D eigenvalue weighted by molar-refractivity contribution is 5.41. The summed E-state index contributed by atoms with van der Waals surface area (Å²) in [5.41, 5.74) is -0.0122. The lowest BCUT2D eigenvalue weighted by Crippen LogP contribution is -2.12. The highest BCUT2D eigenvalue weighted by atomic mass is 16.6. The zero-order chi connectivity index (χ0) is 10.6. The van der Waals surface area contributed by atoms with Gasteiger partial charge < -0.3 is 5.32 Å². The van der Waals surface area contributed by atoms with Crippen molar-refractivity contribution < 1.29 is 4.92 Å². The number of nitrogens with zero attached hydrogens (tertiary/aromatic N) is 2. The fourth-order valence-corrected chi connectivity index (χ4v) is 0.872. The number of rotatable bonds is 4. The first-order valence-electron chi connectivity index (χ1n) is 4.13. The summed E-state index contributed by atoms with van der Waals surface area (Å²) in [4.78, 5) is 13.7. The van der Waals surface area contributed by atoms with Crippen LogP contribution < -0.4 is 5.32 Å². The van der Waals surface area contributed by atoms with Crippen molar-refractivity contribution in [2.75, 3.05) is 5.32 Å². The van der Waals surface area contributed by atoms with Gasteiger partial charge in [0.1, 0.15) is 12.0 Å². The van der Waals surface area contributed by atoms with Crippen molar-refractivity contribution in [1.82, 2.24) is 4.98 Å². The Labute approximate surface area is 81.6 Å². The minimum atomic E-state index is -0.478. The summed E-state index contributed by atoms with van der Waals surface area (Å²) in [6, 6.07) is 3.06. The van der Waals surface area contributed by atoms with Crippen LogP contribution in [0.1, 0.15) is 6.92 Å². The van der Waals surface area contributed by atoms with Gasteiger partial charge in [-0.15, -0.1) is 6.58 Å². The van der Waals surface area contributed by atoms with Crippen LogP contribution >= 0.6 is 0 Å². The molecule has 0 aromatic carbocycles. The summed E-state index contributed by atoms with van der Waals surface area (Å²) in [6.45, 7) is 5.52. The summed E-state index contributed by atoms with van der Waals surface area (Å²) in [6.07, 6.45) is 2.95. The van der Waals surface area contributed by atoms with E-state index in [0.29, 0.717) is 5.82 Å². The molecule has 5 nitrogen and oxygen atoms in total. The predicted octanol–water partition coefficient (Wildman–Crippen LogP) is 1.98. The maximum Gasteiger partial charge on any atom is 0.287 e. The first-order valence-corrected chi connectivity index (χ1v) is 4.13. The van der Waals surface area contributed by atoms with Gasteiger partial charge in [-0.2, -0.15) is 0 Å². The van der Waals surface area contributed by atoms with E-state index >= 15 is 0 Å². The topological polar surface area (TPSA) is 68.1 Å². The Morgan fingerprint density at radius 2 is 2.43 bits per heavy atom. The molecule has 0 saturated carbocycles. The van der Waals surface area contributed by atoms with E-state index in [0.717, 1.165) is 0 Å². The molecule has 0 fully saturated rings. The summed E-state index contributed by atoms with van der Waals surface area (Å²) in [7, 11) is 0. The van der Waals surface area contributed by atoms with Gasteiger partial charge in [0.25, 0.3) is 5.69 Å². The molecule has 1 rings (SSSR count). The third kappa shape index (κ3) is 2.55. The van der Waals surface area contributed by atoms with Crippen LogP contribution in [0.15, 0.2) is 31.0 Å². The van der Waals surface area contributed by atoms with Crippen LogP contribution in [-0.4, -0.2) is 15.9 Å². The number of anilines is 1. The normalized spacial score (nSPS) is 11.8. The van der Waals surface area contributed by atoms with Gasteiger partial charge >= 0.3 is 0 Å². The van der Waals surface area contributed by atoms with Crippen LogP contribution in [-0.2, 0) is 0 Å². The Kier molecular flexibility index (Phi) is 3.17. The molecule has 0 radical (unpaired) electrons. The van der Waals surface area contributed by atoms with E-state index in [-0.39, 0.29) is 11.7 Å². The van der Waals surface area contributed by atoms with Crippen molar-refractivity contribution in [1.29, 1.82) is 0 Å². The zero-order valence-electron chi connectivity index (χ0n) is 7.80. The lowest BCUT2D eigenvalue weighted by atomic mass is 10.3. The largest absolute Gasteiger partial charge is 0.364 e. The molecular weight excluding hydrogens is 182 g/mol. The summed E-state index contributed by atoms with van der Waals surface area (Å²) in [5.74, 6) is 0.600. The maximum atomic E-state index is 10.3. The number of hydrogen-bond donors (Lipinski definition) is 1. The Balaban J connectivity index is 2.73. The fraction of sp³-hybridized carbons (Fsp3) is 0.222. The molecule has 0 amide bonds. The molecule has 74 valence electrons. The Morgan fingerprint density at radius 1 is 1.71 bits per heavy atom. The van der Waals surface area contributed by atoms with Gasteiger partial charge in [-0.3, -0.25) is 10.1 Å². The van der Waals surface area contributed by atoms with E-state index in [4.69, 9.17) is 0 Å². The molecular formula is C9H11N3O2. The van der Waals surface area contributed by atoms with Crippen molar-refractivity contribution in [3.8, 4) is 0 Å². The SMILES string of the molecule is C=CC(C)Nc1ccc([N+](=O)[O-])cn1. The molecule has 1 atom stereocenters. The number of pyridine rings is 1. The van der Waals surface area contributed by atoms with Crippen LogP contribution in [0.5, 0.6) is 0 Å². The van der Waals surface area contributed by atoms with Crippen LogP contribution in [0.25, 0.3) is 0 Å². The first kappa shape index (κ1) is 10.2. The van der Waals surface area contributed by atoms with Crippen LogP contribution in [0, 0.1) is 10.1 Å². The molecule has 1 aromatic rings. The molecule has 1 heterocycles. The smallest absolute Gasteiger partial charge is 0.287 e. The predicted molar refractivity (Wildman–Crippen MR) is 54.2 cm³/mol. The van der Waals surface area contributed by atoms with Gasteiger partial charge in [-0.05, 0) is 13.0 Å². The van der Waals surface area contributed by atoms with E-state index in [1.807, 2.05) is 6.92 Å². The van der Waals surface area contributed by atoms with Gasteiger partial charge in [-0.1, -0.05) is 6.08 Å². The molecule has 0 aliphatic heterocycles. The van der Waals surface area contributed by atoms with Gasteiger partial charge in [-0.25, -0.2) is 4.98 Å². The Morgan fingerprint density at radius 3 is 2.86 bits per heavy atom. The minimum Gasteiger partial charge on any atom is -0.364 e. The molecule has 0 saturated heterocycles. The number of nitro groups is 1. The van der Waals surface area contributed by atoms with Gasteiger partial charge in [0.2, 0.25) is 0 Å². The molecule has 1 N–H and O–H groups in total. The second-order valence-electron chi connectivity index (χ2n) is 2.83. The highest BCUT2D eigenvalue weighted by Crippen LogP contribution is 2.12. The number of aromatic nitrogens is 1. The molecule has 1 aromatic heterocycles. The van der Waals surface area contributed by atoms with Crippen molar-refractivity contribution in [2.24, 2.45) is 0 Å². The van der Waals surface area contributed by atoms with E-state index in [1.165, 1.54) is 12.3 Å². The molecule has 0 aliphatic rings. The number of hydrogen-bond acceptors (Lipinski definition) is 4. The molecule has 5 heteroatoms. The molecule has 14 heavy (non-hydrogen) atoms. The quantitative estimate of drug-likeness (QED) is 0.451. The summed E-state index contributed by atoms with van der Waals surface area (Å²) in [5, 5.41) is 13.3. The van der Waals surface area contributed by atoms with Crippen molar-refractivity contribution in [3.63, 3.8) is 0 Å². The Bertz CT molecular complexity index is 334. The third-order valence-corrected chi connectivity index (χ3v) is 1.69. The Hall–Kier alpha value is -1.91. The second kappa shape index (κ2) is 4.36. The lowest BCUT2D eigenvalue weighted by molar-refractivity contribution is -0.385. The van der Waals surface area contributed by atoms with Crippen molar-refractivity contribution >= 4 is 11.5 Å². The van der Waals surface area contributed by atoms with E-state index in [9.17, 15) is 10.1 Å². The standard InChI is InChI=1S/C9H11N3O2/c1-3-7(2)11-9-5-4-8(6-10-9)12(13)14/h3-7H,1H2,2H3,(H,10,11). The fourth-order valence-electron chi connectivity index (χ4n) is 0.872. The minimum absolute atomic E-state index is 0.0122. The van der Waals surface area contributed by atoms with Crippen LogP contribution in [0.2, 0.25) is 0 Å². The van der Waals surface area contributed by atoms with Gasteiger partial charge in [0, 0.05) is 12.1 Å². The maximum absolute atomic E-state index is 10.3. The molecule has 1 unspecified atom stereocenters. The van der Waals surface area contributed by atoms with E-state index < -0.39 is 4.92 Å². The van der Waals surface area contributed by atoms with Gasteiger partial charge in [0.05, 0.1) is 4.92 Å². The van der Waals surface area contributed by atoms with Crippen LogP contribution in [0.3, 0.4) is 0 Å². The highest BCUT2D eigenvalue weighted by Gasteiger charge is 2.05. The summed E-state index contributed by atoms with van der Waals surface area (Å²) >= 11 is 0. The zero-order valence-corrected chi connectivity index (χ0v) is 7.80. The van der Waals surface area contributed by atoms with Crippen molar-refractivity contribution in [2.45, 2.75) is 13.0 Å². The first-order chi connectivity index (χ1) is 6.63. The lowest BCUT2D eigenvalue weighted by Gasteiger charge is -2.08. The van der Waals surface area contributed by atoms with Gasteiger partial charge in [0.15, 0.2) is 0 Å². The molecule has 0 aliphatic carbocycles.